The van der Waals surface area contributed by atoms with E-state index in [0.29, 0.717) is 22.1 Å². The molecule has 0 aliphatic heterocycles. The zero-order valence-electron chi connectivity index (χ0n) is 12.7. The van der Waals surface area contributed by atoms with Gasteiger partial charge in [-0.25, -0.2) is 4.98 Å². The van der Waals surface area contributed by atoms with Gasteiger partial charge in [-0.15, -0.1) is 0 Å². The molecule has 0 saturated heterocycles. The first-order valence-electron chi connectivity index (χ1n) is 6.94. The molecule has 1 N–H and O–H groups in total. The molecule has 0 atom stereocenters. The summed E-state index contributed by atoms with van der Waals surface area (Å²) in [6.45, 7) is 3.92. The molecule has 0 bridgehead atoms. The zero-order valence-corrected chi connectivity index (χ0v) is 13.5. The van der Waals surface area contributed by atoms with E-state index in [4.69, 9.17) is 0 Å². The monoisotopic (exact) mass is 297 g/mol. The van der Waals surface area contributed by atoms with Crippen LogP contribution >= 0.6 is 11.3 Å². The second-order valence-corrected chi connectivity index (χ2v) is 5.99. The van der Waals surface area contributed by atoms with Gasteiger partial charge in [0, 0.05) is 20.5 Å². The van der Waals surface area contributed by atoms with Gasteiger partial charge in [-0.05, 0) is 13.3 Å². The number of carbonyl (C=O) groups excluding carboxylic acids is 2. The average molecular weight is 297 g/mol. The van der Waals surface area contributed by atoms with E-state index in [1.165, 1.54) is 16.2 Å². The van der Waals surface area contributed by atoms with E-state index in [2.05, 4.69) is 17.2 Å². The number of unbranched alkanes of at least 4 members (excludes halogenated alkanes) is 3. The van der Waals surface area contributed by atoms with Crippen LogP contribution in [0, 0.1) is 6.92 Å². The van der Waals surface area contributed by atoms with E-state index in [1.54, 1.807) is 21.0 Å². The normalized spacial score (nSPS) is 10.4. The highest BCUT2D eigenvalue weighted by molar-refractivity contribution is 7.17. The summed E-state index contributed by atoms with van der Waals surface area (Å²) < 4.78 is 0. The van der Waals surface area contributed by atoms with Crippen molar-refractivity contribution in [3.05, 3.63) is 10.6 Å². The molecule has 1 rings (SSSR count). The van der Waals surface area contributed by atoms with Crippen molar-refractivity contribution in [2.75, 3.05) is 19.4 Å². The first-order valence-corrected chi connectivity index (χ1v) is 7.76. The molecule has 0 aromatic carbocycles. The van der Waals surface area contributed by atoms with Crippen molar-refractivity contribution in [3.63, 3.8) is 0 Å². The Morgan fingerprint density at radius 1 is 1.25 bits per heavy atom. The van der Waals surface area contributed by atoms with Gasteiger partial charge in [0.2, 0.25) is 5.91 Å². The van der Waals surface area contributed by atoms with Crippen molar-refractivity contribution in [3.8, 4) is 0 Å². The van der Waals surface area contributed by atoms with Crippen LogP contribution in [-0.4, -0.2) is 35.8 Å². The van der Waals surface area contributed by atoms with Crippen molar-refractivity contribution in [2.45, 2.75) is 46.0 Å². The van der Waals surface area contributed by atoms with Gasteiger partial charge in [0.1, 0.15) is 4.88 Å². The third kappa shape index (κ3) is 4.92. The lowest BCUT2D eigenvalue weighted by Crippen LogP contribution is -2.21. The third-order valence-corrected chi connectivity index (χ3v) is 3.96. The molecule has 112 valence electrons. The highest BCUT2D eigenvalue weighted by atomic mass is 32.1. The largest absolute Gasteiger partial charge is 0.344 e. The fourth-order valence-corrected chi connectivity index (χ4v) is 2.75. The molecule has 20 heavy (non-hydrogen) atoms. The molecule has 0 unspecified atom stereocenters. The third-order valence-electron chi connectivity index (χ3n) is 2.90. The summed E-state index contributed by atoms with van der Waals surface area (Å²) in [5, 5.41) is 3.28. The quantitative estimate of drug-likeness (QED) is 0.787. The smallest absolute Gasteiger partial charge is 0.265 e. The van der Waals surface area contributed by atoms with E-state index in [1.807, 2.05) is 0 Å². The van der Waals surface area contributed by atoms with Crippen LogP contribution in [0.2, 0.25) is 0 Å². The Balaban J connectivity index is 2.54. The summed E-state index contributed by atoms with van der Waals surface area (Å²) in [6.07, 6.45) is 4.79. The van der Waals surface area contributed by atoms with Gasteiger partial charge >= 0.3 is 0 Å². The fraction of sp³-hybridized carbons (Fsp3) is 0.643. The highest BCUT2D eigenvalue weighted by Gasteiger charge is 2.17. The Morgan fingerprint density at radius 2 is 1.95 bits per heavy atom. The van der Waals surface area contributed by atoms with Crippen LogP contribution < -0.4 is 5.32 Å². The second kappa shape index (κ2) is 7.99. The lowest BCUT2D eigenvalue weighted by Gasteiger charge is -2.07. The number of aromatic nitrogens is 1. The van der Waals surface area contributed by atoms with Crippen LogP contribution in [-0.2, 0) is 4.79 Å². The summed E-state index contributed by atoms with van der Waals surface area (Å²) in [4.78, 5) is 30.0. The average Bonchev–Trinajstić information content (AvgIpc) is 2.74. The lowest BCUT2D eigenvalue weighted by molar-refractivity contribution is -0.116. The molecule has 0 saturated carbocycles. The predicted molar refractivity (Wildman–Crippen MR) is 82.3 cm³/mol. The topological polar surface area (TPSA) is 62.3 Å². The Labute approximate surface area is 124 Å². The molecule has 1 aromatic heterocycles. The van der Waals surface area contributed by atoms with Crippen LogP contribution in [0.15, 0.2) is 0 Å². The number of nitrogens with zero attached hydrogens (tertiary/aromatic N) is 2. The number of amides is 2. The molecule has 0 spiro atoms. The Kier molecular flexibility index (Phi) is 6.64. The molecule has 0 fully saturated rings. The van der Waals surface area contributed by atoms with Gasteiger partial charge in [0.15, 0.2) is 5.13 Å². The number of aryl methyl sites for hydroxylation is 1. The first-order chi connectivity index (χ1) is 9.45. The predicted octanol–water partition coefficient (Wildman–Crippen LogP) is 3.06. The number of hydrogen-bond acceptors (Lipinski definition) is 4. The molecule has 6 heteroatoms. The van der Waals surface area contributed by atoms with Gasteiger partial charge in [0.25, 0.3) is 5.91 Å². The van der Waals surface area contributed by atoms with Crippen molar-refractivity contribution in [1.29, 1.82) is 0 Å². The minimum Gasteiger partial charge on any atom is -0.344 e. The number of hydrogen-bond donors (Lipinski definition) is 1. The Hall–Kier alpha value is -1.43. The summed E-state index contributed by atoms with van der Waals surface area (Å²) in [6, 6.07) is 0. The number of carbonyl (C=O) groups is 2. The van der Waals surface area contributed by atoms with E-state index in [9.17, 15) is 9.59 Å². The summed E-state index contributed by atoms with van der Waals surface area (Å²) in [5.41, 5.74) is 0.662. The van der Waals surface area contributed by atoms with E-state index in [-0.39, 0.29) is 11.8 Å². The molecule has 2 amide bonds. The maximum Gasteiger partial charge on any atom is 0.265 e. The zero-order chi connectivity index (χ0) is 15.1. The van der Waals surface area contributed by atoms with E-state index >= 15 is 0 Å². The maximum absolute atomic E-state index is 11.9. The van der Waals surface area contributed by atoms with Gasteiger partial charge in [0.05, 0.1) is 5.69 Å². The van der Waals surface area contributed by atoms with Crippen LogP contribution in [0.1, 0.15) is 54.4 Å². The maximum atomic E-state index is 11.9. The van der Waals surface area contributed by atoms with Crippen molar-refractivity contribution in [1.82, 2.24) is 9.88 Å². The number of rotatable bonds is 7. The van der Waals surface area contributed by atoms with Gasteiger partial charge in [-0.1, -0.05) is 37.5 Å². The molecule has 5 nitrogen and oxygen atoms in total. The number of thiazole rings is 1. The minimum absolute atomic E-state index is 0.0290. The minimum atomic E-state index is -0.0801. The van der Waals surface area contributed by atoms with E-state index < -0.39 is 0 Å². The molecular weight excluding hydrogens is 274 g/mol. The summed E-state index contributed by atoms with van der Waals surface area (Å²) >= 11 is 1.23. The Bertz CT molecular complexity index is 469. The summed E-state index contributed by atoms with van der Waals surface area (Å²) in [5.74, 6) is -0.109. The first kappa shape index (κ1) is 16.6. The van der Waals surface area contributed by atoms with Crippen LogP contribution in [0.5, 0.6) is 0 Å². The standard InChI is InChI=1S/C14H23N3O2S/c1-5-6-7-8-9-11(18)16-14-15-10(2)12(20-14)13(19)17(3)4/h5-9H2,1-4H3,(H,15,16,18). The van der Waals surface area contributed by atoms with Crippen molar-refractivity contribution < 1.29 is 9.59 Å². The molecule has 0 aliphatic rings. The fourth-order valence-electron chi connectivity index (χ4n) is 1.75. The summed E-state index contributed by atoms with van der Waals surface area (Å²) in [7, 11) is 3.40. The molecule has 1 heterocycles. The van der Waals surface area contributed by atoms with Crippen molar-refractivity contribution >= 4 is 28.3 Å². The molecule has 0 radical (unpaired) electrons. The van der Waals surface area contributed by atoms with Crippen molar-refractivity contribution in [2.24, 2.45) is 0 Å². The van der Waals surface area contributed by atoms with Crippen LogP contribution in [0.4, 0.5) is 5.13 Å². The van der Waals surface area contributed by atoms with Gasteiger partial charge in [-0.2, -0.15) is 0 Å². The lowest BCUT2D eigenvalue weighted by atomic mass is 10.1. The second-order valence-electron chi connectivity index (χ2n) is 4.99. The molecular formula is C14H23N3O2S. The van der Waals surface area contributed by atoms with Gasteiger partial charge in [-0.3, -0.25) is 9.59 Å². The number of anilines is 1. The Morgan fingerprint density at radius 3 is 2.55 bits per heavy atom. The van der Waals surface area contributed by atoms with Gasteiger partial charge < -0.3 is 10.2 Å². The van der Waals surface area contributed by atoms with E-state index in [0.717, 1.165) is 25.7 Å². The van der Waals surface area contributed by atoms with Crippen LogP contribution in [0.25, 0.3) is 0 Å². The SMILES string of the molecule is CCCCCCC(=O)Nc1nc(C)c(C(=O)N(C)C)s1. The highest BCUT2D eigenvalue weighted by Crippen LogP contribution is 2.23. The molecule has 1 aromatic rings. The number of nitrogens with one attached hydrogen (secondary N) is 1. The van der Waals surface area contributed by atoms with Crippen LogP contribution in [0.3, 0.4) is 0 Å². The molecule has 0 aliphatic carbocycles.